The Kier molecular flexibility index (Phi) is 5.10. The van der Waals surface area contributed by atoms with E-state index >= 15 is 0 Å². The van der Waals surface area contributed by atoms with Gasteiger partial charge in [-0.2, -0.15) is 17.4 Å². The van der Waals surface area contributed by atoms with Gasteiger partial charge in [0.1, 0.15) is 0 Å². The molecular formula is C14H29N3O2S. The fraction of sp³-hybridized carbons (Fsp3) is 1.00. The number of rotatable bonds is 5. The highest BCUT2D eigenvalue weighted by Crippen LogP contribution is 2.37. The van der Waals surface area contributed by atoms with E-state index in [4.69, 9.17) is 0 Å². The molecule has 0 aromatic heterocycles. The topological polar surface area (TPSA) is 61.4 Å². The molecule has 2 N–H and O–H groups in total. The van der Waals surface area contributed by atoms with E-state index in [1.807, 2.05) is 7.05 Å². The summed E-state index contributed by atoms with van der Waals surface area (Å²) in [7, 11) is -1.36. The number of hydrogen-bond donors (Lipinski definition) is 2. The van der Waals surface area contributed by atoms with Crippen LogP contribution in [0, 0.1) is 11.3 Å². The van der Waals surface area contributed by atoms with Gasteiger partial charge in [-0.25, -0.2) is 0 Å². The molecule has 0 amide bonds. The van der Waals surface area contributed by atoms with Crippen molar-refractivity contribution in [2.45, 2.75) is 52.0 Å². The van der Waals surface area contributed by atoms with Crippen molar-refractivity contribution >= 4 is 10.2 Å². The minimum absolute atomic E-state index is 0.0809. The lowest BCUT2D eigenvalue weighted by atomic mass is 9.88. The second-order valence-corrected chi connectivity index (χ2v) is 8.66. The fourth-order valence-corrected chi connectivity index (χ4v) is 5.08. The molecule has 1 atom stereocenters. The van der Waals surface area contributed by atoms with Crippen molar-refractivity contribution in [3.8, 4) is 0 Å². The number of hydrogen-bond acceptors (Lipinski definition) is 3. The summed E-state index contributed by atoms with van der Waals surface area (Å²) < 4.78 is 29.6. The van der Waals surface area contributed by atoms with E-state index in [2.05, 4.69) is 23.9 Å². The molecule has 0 aromatic rings. The summed E-state index contributed by atoms with van der Waals surface area (Å²) in [5.41, 5.74) is 0.0809. The molecule has 0 bridgehead atoms. The summed E-state index contributed by atoms with van der Waals surface area (Å²) in [6.07, 6.45) is 5.09. The third-order valence-electron chi connectivity index (χ3n) is 4.95. The molecule has 0 spiro atoms. The third kappa shape index (κ3) is 3.72. The van der Waals surface area contributed by atoms with Crippen LogP contribution < -0.4 is 10.0 Å². The average Bonchev–Trinajstić information content (AvgIpc) is 2.69. The molecule has 1 saturated carbocycles. The molecule has 1 saturated heterocycles. The van der Waals surface area contributed by atoms with Gasteiger partial charge in [0.2, 0.25) is 0 Å². The third-order valence-corrected chi connectivity index (χ3v) is 6.58. The van der Waals surface area contributed by atoms with E-state index < -0.39 is 10.2 Å². The van der Waals surface area contributed by atoms with E-state index in [1.165, 1.54) is 0 Å². The zero-order chi connectivity index (χ0) is 14.8. The summed E-state index contributed by atoms with van der Waals surface area (Å²) >= 11 is 0. The molecule has 1 aliphatic carbocycles. The first kappa shape index (κ1) is 16.2. The minimum Gasteiger partial charge on any atom is -0.319 e. The van der Waals surface area contributed by atoms with E-state index in [1.54, 1.807) is 4.31 Å². The highest BCUT2D eigenvalue weighted by Gasteiger charge is 2.38. The monoisotopic (exact) mass is 303 g/mol. The lowest BCUT2D eigenvalue weighted by Gasteiger charge is -2.34. The molecule has 20 heavy (non-hydrogen) atoms. The van der Waals surface area contributed by atoms with Crippen molar-refractivity contribution in [1.29, 1.82) is 0 Å². The van der Waals surface area contributed by atoms with Crippen LogP contribution in [0.1, 0.15) is 46.0 Å². The quantitative estimate of drug-likeness (QED) is 0.805. The first-order valence-electron chi connectivity index (χ1n) is 7.77. The van der Waals surface area contributed by atoms with Crippen molar-refractivity contribution in [2.75, 3.05) is 26.7 Å². The van der Waals surface area contributed by atoms with E-state index in [-0.39, 0.29) is 11.5 Å². The number of nitrogens with one attached hydrogen (secondary N) is 2. The largest absolute Gasteiger partial charge is 0.319 e. The van der Waals surface area contributed by atoms with Crippen LogP contribution in [-0.2, 0) is 10.2 Å². The summed E-state index contributed by atoms with van der Waals surface area (Å²) in [6, 6.07) is 0.0857. The maximum absolute atomic E-state index is 12.5. The van der Waals surface area contributed by atoms with Gasteiger partial charge < -0.3 is 5.32 Å². The minimum atomic E-state index is -3.31. The van der Waals surface area contributed by atoms with Gasteiger partial charge in [0.25, 0.3) is 10.2 Å². The van der Waals surface area contributed by atoms with Gasteiger partial charge in [-0.3, -0.25) is 0 Å². The van der Waals surface area contributed by atoms with Crippen LogP contribution in [0.3, 0.4) is 0 Å². The van der Waals surface area contributed by atoms with E-state index in [9.17, 15) is 8.42 Å². The molecule has 0 radical (unpaired) electrons. The zero-order valence-electron chi connectivity index (χ0n) is 13.0. The Bertz CT molecular complexity index is 414. The summed E-state index contributed by atoms with van der Waals surface area (Å²) in [5.74, 6) is 0.606. The highest BCUT2D eigenvalue weighted by molar-refractivity contribution is 7.87. The van der Waals surface area contributed by atoms with Crippen molar-refractivity contribution in [2.24, 2.45) is 11.3 Å². The molecule has 0 aromatic carbocycles. The molecule has 2 fully saturated rings. The Morgan fingerprint density at radius 2 is 1.85 bits per heavy atom. The van der Waals surface area contributed by atoms with Gasteiger partial charge >= 0.3 is 0 Å². The number of piperidine rings is 1. The zero-order valence-corrected chi connectivity index (χ0v) is 13.8. The molecule has 2 aliphatic rings. The summed E-state index contributed by atoms with van der Waals surface area (Å²) in [5, 5.41) is 3.18. The van der Waals surface area contributed by atoms with E-state index in [0.29, 0.717) is 19.0 Å². The van der Waals surface area contributed by atoms with Crippen LogP contribution in [0.15, 0.2) is 0 Å². The molecule has 6 heteroatoms. The van der Waals surface area contributed by atoms with Crippen LogP contribution in [0.25, 0.3) is 0 Å². The predicted octanol–water partition coefficient (Wildman–Crippen LogP) is 1.33. The molecule has 2 rings (SSSR count). The Balaban J connectivity index is 1.91. The number of nitrogens with zero attached hydrogens (tertiary/aromatic N) is 1. The SMILES string of the molecule is CNCC1CCN(S(=O)(=O)NC2CCCC2(C)C)CC1. The Morgan fingerprint density at radius 1 is 1.20 bits per heavy atom. The van der Waals surface area contributed by atoms with Gasteiger partial charge in [0, 0.05) is 19.1 Å². The predicted molar refractivity (Wildman–Crippen MR) is 81.7 cm³/mol. The van der Waals surface area contributed by atoms with Crippen LogP contribution in [0.2, 0.25) is 0 Å². The van der Waals surface area contributed by atoms with Gasteiger partial charge in [0.15, 0.2) is 0 Å². The maximum Gasteiger partial charge on any atom is 0.279 e. The second kappa shape index (κ2) is 6.30. The maximum atomic E-state index is 12.5. The molecule has 5 nitrogen and oxygen atoms in total. The van der Waals surface area contributed by atoms with Crippen molar-refractivity contribution in [3.63, 3.8) is 0 Å². The standard InChI is InChI=1S/C14H29N3O2S/c1-14(2)8-4-5-13(14)16-20(18,19)17-9-6-12(7-10-17)11-15-3/h12-13,15-16H,4-11H2,1-3H3. The van der Waals surface area contributed by atoms with Gasteiger partial charge in [-0.05, 0) is 50.6 Å². The Labute approximate surface area is 123 Å². The lowest BCUT2D eigenvalue weighted by molar-refractivity contribution is 0.258. The summed E-state index contributed by atoms with van der Waals surface area (Å²) in [6.45, 7) is 6.60. The second-order valence-electron chi connectivity index (χ2n) is 6.96. The Morgan fingerprint density at radius 3 is 2.35 bits per heavy atom. The van der Waals surface area contributed by atoms with Gasteiger partial charge in [-0.15, -0.1) is 0 Å². The van der Waals surface area contributed by atoms with Gasteiger partial charge in [-0.1, -0.05) is 20.3 Å². The van der Waals surface area contributed by atoms with Crippen molar-refractivity contribution in [3.05, 3.63) is 0 Å². The van der Waals surface area contributed by atoms with Crippen molar-refractivity contribution < 1.29 is 8.42 Å². The first-order valence-corrected chi connectivity index (χ1v) is 9.21. The fourth-order valence-electron chi connectivity index (χ4n) is 3.44. The molecule has 1 aliphatic heterocycles. The molecule has 1 heterocycles. The van der Waals surface area contributed by atoms with Gasteiger partial charge in [0.05, 0.1) is 0 Å². The molecule has 1 unspecified atom stereocenters. The van der Waals surface area contributed by atoms with E-state index in [0.717, 1.165) is 38.6 Å². The smallest absolute Gasteiger partial charge is 0.279 e. The normalized spacial score (nSPS) is 28.9. The highest BCUT2D eigenvalue weighted by atomic mass is 32.2. The van der Waals surface area contributed by atoms with Crippen LogP contribution in [-0.4, -0.2) is 45.4 Å². The van der Waals surface area contributed by atoms with Crippen LogP contribution in [0.4, 0.5) is 0 Å². The van der Waals surface area contributed by atoms with Crippen molar-refractivity contribution in [1.82, 2.24) is 14.3 Å². The summed E-state index contributed by atoms with van der Waals surface area (Å²) in [4.78, 5) is 0. The van der Waals surface area contributed by atoms with Crippen LogP contribution >= 0.6 is 0 Å². The lowest BCUT2D eigenvalue weighted by Crippen LogP contribution is -2.51. The molecular weight excluding hydrogens is 274 g/mol. The van der Waals surface area contributed by atoms with Crippen LogP contribution in [0.5, 0.6) is 0 Å². The molecule has 118 valence electrons. The Hall–Kier alpha value is -0.170. The first-order chi connectivity index (χ1) is 9.35. The average molecular weight is 303 g/mol.